The SMILES string of the molecule is C=CCN1C(=O)C(C)S/C1=N\N=C1/SC(OP(=O)(O)OC)C(=O)N1C. The molecule has 138 valence electrons. The van der Waals surface area contributed by atoms with Gasteiger partial charge in [0, 0.05) is 20.7 Å². The fourth-order valence-corrected chi connectivity index (χ4v) is 4.47. The average Bonchev–Trinajstić information content (AvgIpc) is 2.98. The smallest absolute Gasteiger partial charge is 0.302 e. The highest BCUT2D eigenvalue weighted by molar-refractivity contribution is 8.16. The minimum absolute atomic E-state index is 0.102. The summed E-state index contributed by atoms with van der Waals surface area (Å²) >= 11 is 2.07. The number of hydrogen-bond acceptors (Lipinski definition) is 9. The lowest BCUT2D eigenvalue weighted by Crippen LogP contribution is -2.31. The average molecular weight is 408 g/mol. The van der Waals surface area contributed by atoms with Crippen molar-refractivity contribution in [1.29, 1.82) is 0 Å². The summed E-state index contributed by atoms with van der Waals surface area (Å²) in [5, 5.41) is 8.29. The summed E-state index contributed by atoms with van der Waals surface area (Å²) in [7, 11) is -1.88. The molecule has 3 unspecified atom stereocenters. The maximum Gasteiger partial charge on any atom is 0.473 e. The Morgan fingerprint density at radius 2 is 1.96 bits per heavy atom. The molecule has 0 saturated carbocycles. The highest BCUT2D eigenvalue weighted by Gasteiger charge is 2.42. The molecule has 2 fully saturated rings. The van der Waals surface area contributed by atoms with Crippen LogP contribution in [0.3, 0.4) is 0 Å². The molecule has 2 rings (SSSR count). The number of phosphoric acid groups is 1. The van der Waals surface area contributed by atoms with Crippen molar-refractivity contribution in [3.05, 3.63) is 12.7 Å². The summed E-state index contributed by atoms with van der Waals surface area (Å²) in [4.78, 5) is 36.0. The van der Waals surface area contributed by atoms with E-state index in [2.05, 4.69) is 21.3 Å². The quantitative estimate of drug-likeness (QED) is 0.393. The zero-order valence-corrected chi connectivity index (χ0v) is 16.2. The Morgan fingerprint density at radius 1 is 1.32 bits per heavy atom. The van der Waals surface area contributed by atoms with E-state index in [1.54, 1.807) is 13.0 Å². The minimum Gasteiger partial charge on any atom is -0.302 e. The first-order valence-electron chi connectivity index (χ1n) is 6.96. The number of phosphoric ester groups is 1. The third kappa shape index (κ3) is 4.52. The van der Waals surface area contributed by atoms with E-state index in [4.69, 9.17) is 4.52 Å². The van der Waals surface area contributed by atoms with Gasteiger partial charge < -0.3 is 4.89 Å². The number of amides is 2. The van der Waals surface area contributed by atoms with E-state index >= 15 is 0 Å². The number of rotatable bonds is 6. The summed E-state index contributed by atoms with van der Waals surface area (Å²) in [5.74, 6) is -0.670. The fourth-order valence-electron chi connectivity index (χ4n) is 1.84. The van der Waals surface area contributed by atoms with Crippen molar-refractivity contribution in [3.8, 4) is 0 Å². The summed E-state index contributed by atoms with van der Waals surface area (Å²) in [6.45, 7) is 5.66. The fraction of sp³-hybridized carbons (Fsp3) is 0.500. The zero-order valence-electron chi connectivity index (χ0n) is 13.7. The molecular weight excluding hydrogens is 391 g/mol. The second-order valence-electron chi connectivity index (χ2n) is 4.87. The predicted octanol–water partition coefficient (Wildman–Crippen LogP) is 1.06. The van der Waals surface area contributed by atoms with E-state index in [0.717, 1.165) is 23.8 Å². The van der Waals surface area contributed by atoms with Crippen LogP contribution in [-0.2, 0) is 23.2 Å². The first-order chi connectivity index (χ1) is 11.7. The molecule has 13 heteroatoms. The summed E-state index contributed by atoms with van der Waals surface area (Å²) in [6.07, 6.45) is 1.58. The van der Waals surface area contributed by atoms with Crippen molar-refractivity contribution in [2.75, 3.05) is 20.7 Å². The lowest BCUT2D eigenvalue weighted by Gasteiger charge is -2.12. The van der Waals surface area contributed by atoms with Gasteiger partial charge in [-0.25, -0.2) is 4.57 Å². The number of nitrogens with zero attached hydrogens (tertiary/aromatic N) is 4. The monoisotopic (exact) mass is 408 g/mol. The van der Waals surface area contributed by atoms with Crippen LogP contribution in [0.2, 0.25) is 0 Å². The molecule has 0 aromatic carbocycles. The molecule has 2 saturated heterocycles. The Hall–Kier alpha value is -1.17. The molecule has 0 spiro atoms. The van der Waals surface area contributed by atoms with Gasteiger partial charge >= 0.3 is 7.82 Å². The molecule has 1 N–H and O–H groups in total. The molecule has 0 aromatic rings. The van der Waals surface area contributed by atoms with Gasteiger partial charge in [-0.2, -0.15) is 0 Å². The summed E-state index contributed by atoms with van der Waals surface area (Å²) in [6, 6.07) is 0. The molecule has 3 atom stereocenters. The van der Waals surface area contributed by atoms with Gasteiger partial charge in [-0.1, -0.05) is 17.8 Å². The second kappa shape index (κ2) is 8.02. The summed E-state index contributed by atoms with van der Waals surface area (Å²) in [5.41, 5.74) is -1.26. The van der Waals surface area contributed by atoms with Crippen LogP contribution in [0.25, 0.3) is 0 Å². The number of carbonyl (C=O) groups excluding carboxylic acids is 2. The van der Waals surface area contributed by atoms with E-state index in [1.165, 1.54) is 23.7 Å². The van der Waals surface area contributed by atoms with Crippen LogP contribution in [0, 0.1) is 0 Å². The Bertz CT molecular complexity index is 699. The van der Waals surface area contributed by atoms with Gasteiger partial charge in [-0.15, -0.1) is 16.8 Å². The topological polar surface area (TPSA) is 121 Å². The van der Waals surface area contributed by atoms with Crippen LogP contribution >= 0.6 is 31.3 Å². The van der Waals surface area contributed by atoms with Crippen molar-refractivity contribution in [2.45, 2.75) is 17.6 Å². The number of likely N-dealkylation sites (N-methyl/N-ethyl adjacent to an activating group) is 1. The number of thioether (sulfide) groups is 2. The number of amidine groups is 2. The molecule has 2 amide bonds. The van der Waals surface area contributed by atoms with Crippen molar-refractivity contribution in [3.63, 3.8) is 0 Å². The summed E-state index contributed by atoms with van der Waals surface area (Å²) < 4.78 is 20.5. The van der Waals surface area contributed by atoms with Crippen molar-refractivity contribution < 1.29 is 28.1 Å². The zero-order chi connectivity index (χ0) is 18.8. The molecule has 0 radical (unpaired) electrons. The third-order valence-electron chi connectivity index (χ3n) is 3.15. The van der Waals surface area contributed by atoms with Gasteiger partial charge in [0.15, 0.2) is 10.3 Å². The van der Waals surface area contributed by atoms with Gasteiger partial charge in [0.1, 0.15) is 0 Å². The molecule has 2 aliphatic heterocycles. The molecule has 2 heterocycles. The normalized spacial score (nSPS) is 29.8. The molecule has 25 heavy (non-hydrogen) atoms. The van der Waals surface area contributed by atoms with E-state index in [1.807, 2.05) is 0 Å². The molecule has 0 aromatic heterocycles. The molecule has 0 aliphatic carbocycles. The van der Waals surface area contributed by atoms with Gasteiger partial charge in [-0.05, 0) is 18.7 Å². The molecule has 0 bridgehead atoms. The first-order valence-corrected chi connectivity index (χ1v) is 10.2. The number of carbonyl (C=O) groups is 2. The largest absolute Gasteiger partial charge is 0.473 e. The van der Waals surface area contributed by atoms with E-state index in [-0.39, 0.29) is 16.3 Å². The predicted molar refractivity (Wildman–Crippen MR) is 95.9 cm³/mol. The van der Waals surface area contributed by atoms with Crippen LogP contribution < -0.4 is 0 Å². The van der Waals surface area contributed by atoms with E-state index in [0.29, 0.717) is 11.7 Å². The molecular formula is C12H17N4O6PS2. The standard InChI is InChI=1S/C12H17N4O6PS2/c1-5-6-16-8(17)7(2)24-12(16)14-13-11-15(3)9(18)10(25-11)22-23(19,20)21-4/h5,7,10H,1,6H2,2-4H3,(H,19,20)/b13-11-,14-12-. The van der Waals surface area contributed by atoms with Gasteiger partial charge in [0.25, 0.3) is 5.91 Å². The molecule has 2 aliphatic rings. The van der Waals surface area contributed by atoms with Crippen LogP contribution in [0.1, 0.15) is 6.92 Å². The van der Waals surface area contributed by atoms with Gasteiger partial charge in [-0.3, -0.25) is 28.4 Å². The maximum absolute atomic E-state index is 12.1. The van der Waals surface area contributed by atoms with Gasteiger partial charge in [0.2, 0.25) is 11.3 Å². The van der Waals surface area contributed by atoms with Gasteiger partial charge in [0.05, 0.1) is 5.25 Å². The van der Waals surface area contributed by atoms with E-state index in [9.17, 15) is 19.0 Å². The second-order valence-corrected chi connectivity index (χ2v) is 8.72. The number of hydrogen-bond donors (Lipinski definition) is 1. The van der Waals surface area contributed by atoms with Crippen molar-refractivity contribution in [1.82, 2.24) is 9.80 Å². The lowest BCUT2D eigenvalue weighted by molar-refractivity contribution is -0.129. The van der Waals surface area contributed by atoms with Crippen LogP contribution in [0.15, 0.2) is 22.9 Å². The third-order valence-corrected chi connectivity index (χ3v) is 6.38. The first kappa shape index (κ1) is 20.1. The lowest BCUT2D eigenvalue weighted by atomic mass is 10.4. The Kier molecular flexibility index (Phi) is 6.46. The van der Waals surface area contributed by atoms with Crippen LogP contribution in [0.5, 0.6) is 0 Å². The Balaban J connectivity index is 2.18. The Labute approximate surface area is 152 Å². The van der Waals surface area contributed by atoms with Crippen molar-refractivity contribution >= 4 is 53.5 Å². The van der Waals surface area contributed by atoms with Crippen LogP contribution in [0.4, 0.5) is 0 Å². The van der Waals surface area contributed by atoms with Crippen LogP contribution in [-0.4, -0.2) is 68.2 Å². The van der Waals surface area contributed by atoms with E-state index < -0.39 is 19.2 Å². The highest BCUT2D eigenvalue weighted by Crippen LogP contribution is 2.47. The Morgan fingerprint density at radius 3 is 2.56 bits per heavy atom. The molecule has 10 nitrogen and oxygen atoms in total. The highest BCUT2D eigenvalue weighted by atomic mass is 32.2. The maximum atomic E-state index is 12.1. The minimum atomic E-state index is -4.32. The van der Waals surface area contributed by atoms with Crippen molar-refractivity contribution in [2.24, 2.45) is 10.2 Å².